The number of aliphatic hydroxyl groups is 1. The molecule has 1 saturated heterocycles. The standard InChI is InChI=1S/C24H32O9/c1-12-8-9-18(31-17(6)26)13(2)11-20(21-14(3)22(27)32-19(21)10-12)33-23(28)24(7,29)15(4)30-16(5)25/h10,15,18-21,29H,2-3,8-9,11H2,1,4-7H3. The van der Waals surface area contributed by atoms with Crippen LogP contribution in [0.15, 0.2) is 36.0 Å². The number of hydrogen-bond acceptors (Lipinski definition) is 9. The predicted octanol–water partition coefficient (Wildman–Crippen LogP) is 2.32. The molecule has 2 aliphatic rings. The zero-order valence-corrected chi connectivity index (χ0v) is 19.7. The topological polar surface area (TPSA) is 125 Å². The fourth-order valence-electron chi connectivity index (χ4n) is 3.87. The molecule has 0 aromatic heterocycles. The molecular formula is C24H32O9. The quantitative estimate of drug-likeness (QED) is 0.282. The van der Waals surface area contributed by atoms with E-state index in [9.17, 15) is 24.3 Å². The normalized spacial score (nSPS) is 28.4. The minimum atomic E-state index is -2.16. The number of fused-ring (bicyclic) bond motifs is 1. The van der Waals surface area contributed by atoms with Gasteiger partial charge in [-0.1, -0.05) is 18.7 Å². The lowest BCUT2D eigenvalue weighted by Gasteiger charge is -2.33. The molecule has 1 fully saturated rings. The Hall–Kier alpha value is -2.94. The second kappa shape index (κ2) is 10.3. The van der Waals surface area contributed by atoms with Gasteiger partial charge in [0.1, 0.15) is 24.4 Å². The first-order chi connectivity index (χ1) is 15.2. The SMILES string of the molecule is C=C1CC(OC(=O)C(C)(O)C(C)OC(C)=O)C2C(=C)C(=O)OC2C=C(C)CCC1OC(C)=O. The van der Waals surface area contributed by atoms with Gasteiger partial charge in [-0.05, 0) is 45.3 Å². The lowest BCUT2D eigenvalue weighted by Crippen LogP contribution is -2.50. The molecule has 6 unspecified atom stereocenters. The molecule has 2 rings (SSSR count). The number of hydrogen-bond donors (Lipinski definition) is 1. The van der Waals surface area contributed by atoms with E-state index >= 15 is 0 Å². The van der Waals surface area contributed by atoms with Crippen molar-refractivity contribution in [2.24, 2.45) is 5.92 Å². The van der Waals surface area contributed by atoms with Crippen molar-refractivity contribution in [3.05, 3.63) is 36.0 Å². The largest absolute Gasteiger partial charge is 0.459 e. The Bertz CT molecular complexity index is 882. The summed E-state index contributed by atoms with van der Waals surface area (Å²) in [6.45, 7) is 14.7. The van der Waals surface area contributed by atoms with E-state index in [0.717, 1.165) is 12.5 Å². The van der Waals surface area contributed by atoms with E-state index in [-0.39, 0.29) is 12.0 Å². The lowest BCUT2D eigenvalue weighted by molar-refractivity contribution is -0.188. The first kappa shape index (κ1) is 26.3. The van der Waals surface area contributed by atoms with E-state index in [1.54, 1.807) is 6.08 Å². The van der Waals surface area contributed by atoms with Gasteiger partial charge < -0.3 is 24.1 Å². The van der Waals surface area contributed by atoms with Crippen LogP contribution in [0.2, 0.25) is 0 Å². The van der Waals surface area contributed by atoms with Crippen molar-refractivity contribution in [1.29, 1.82) is 0 Å². The van der Waals surface area contributed by atoms with Crippen LogP contribution in [0.3, 0.4) is 0 Å². The molecule has 182 valence electrons. The monoisotopic (exact) mass is 464 g/mol. The van der Waals surface area contributed by atoms with Crippen LogP contribution >= 0.6 is 0 Å². The first-order valence-corrected chi connectivity index (χ1v) is 10.8. The average molecular weight is 465 g/mol. The van der Waals surface area contributed by atoms with Gasteiger partial charge in [0.25, 0.3) is 0 Å². The Morgan fingerprint density at radius 3 is 2.42 bits per heavy atom. The fraction of sp³-hybridized carbons (Fsp3) is 0.583. The third-order valence-corrected chi connectivity index (χ3v) is 5.94. The Morgan fingerprint density at radius 1 is 1.21 bits per heavy atom. The van der Waals surface area contributed by atoms with E-state index in [1.165, 1.54) is 20.8 Å². The summed E-state index contributed by atoms with van der Waals surface area (Å²) in [5, 5.41) is 10.7. The second-order valence-corrected chi connectivity index (χ2v) is 8.78. The number of carbonyl (C=O) groups excluding carboxylic acids is 4. The molecule has 1 aliphatic carbocycles. The predicted molar refractivity (Wildman–Crippen MR) is 117 cm³/mol. The van der Waals surface area contributed by atoms with E-state index in [0.29, 0.717) is 18.4 Å². The molecule has 33 heavy (non-hydrogen) atoms. The van der Waals surface area contributed by atoms with Crippen LogP contribution in [0.4, 0.5) is 0 Å². The molecule has 9 nitrogen and oxygen atoms in total. The summed E-state index contributed by atoms with van der Waals surface area (Å²) in [6.07, 6.45) is -0.733. The maximum Gasteiger partial charge on any atom is 0.342 e. The van der Waals surface area contributed by atoms with E-state index in [4.69, 9.17) is 18.9 Å². The molecule has 0 spiro atoms. The molecule has 0 bridgehead atoms. The minimum Gasteiger partial charge on any atom is -0.459 e. The van der Waals surface area contributed by atoms with Gasteiger partial charge in [0.2, 0.25) is 0 Å². The van der Waals surface area contributed by atoms with Crippen molar-refractivity contribution in [3.8, 4) is 0 Å². The Labute approximate surface area is 193 Å². The van der Waals surface area contributed by atoms with Crippen molar-refractivity contribution in [2.45, 2.75) is 83.9 Å². The summed E-state index contributed by atoms with van der Waals surface area (Å²) in [5.41, 5.74) is -0.674. The number of carbonyl (C=O) groups is 4. The molecule has 0 radical (unpaired) electrons. The van der Waals surface area contributed by atoms with Gasteiger partial charge in [-0.15, -0.1) is 0 Å². The summed E-state index contributed by atoms with van der Waals surface area (Å²) in [7, 11) is 0. The summed E-state index contributed by atoms with van der Waals surface area (Å²) >= 11 is 0. The van der Waals surface area contributed by atoms with Gasteiger partial charge in [-0.3, -0.25) is 9.59 Å². The highest BCUT2D eigenvalue weighted by Gasteiger charge is 2.48. The van der Waals surface area contributed by atoms with Gasteiger partial charge >= 0.3 is 23.9 Å². The molecule has 0 saturated carbocycles. The van der Waals surface area contributed by atoms with Crippen LogP contribution in [-0.2, 0) is 38.1 Å². The average Bonchev–Trinajstić information content (AvgIpc) is 2.96. The van der Waals surface area contributed by atoms with Crippen LogP contribution in [-0.4, -0.2) is 59.0 Å². The summed E-state index contributed by atoms with van der Waals surface area (Å²) in [6, 6.07) is 0. The van der Waals surface area contributed by atoms with E-state index in [2.05, 4.69) is 13.2 Å². The van der Waals surface area contributed by atoms with Crippen molar-refractivity contribution in [2.75, 3.05) is 0 Å². The summed E-state index contributed by atoms with van der Waals surface area (Å²) in [4.78, 5) is 48.2. The molecule has 1 aliphatic heterocycles. The number of allylic oxidation sites excluding steroid dienone is 1. The van der Waals surface area contributed by atoms with Crippen LogP contribution in [0.5, 0.6) is 0 Å². The van der Waals surface area contributed by atoms with E-state index in [1.807, 2.05) is 6.92 Å². The Kier molecular flexibility index (Phi) is 8.24. The summed E-state index contributed by atoms with van der Waals surface area (Å²) < 4.78 is 21.5. The molecule has 0 aromatic carbocycles. The van der Waals surface area contributed by atoms with Gasteiger partial charge in [-0.2, -0.15) is 0 Å². The third-order valence-electron chi connectivity index (χ3n) is 5.94. The van der Waals surface area contributed by atoms with Gasteiger partial charge in [-0.25, -0.2) is 9.59 Å². The zero-order chi connectivity index (χ0) is 25.1. The lowest BCUT2D eigenvalue weighted by atomic mass is 9.83. The van der Waals surface area contributed by atoms with E-state index < -0.39 is 59.8 Å². The molecule has 1 heterocycles. The maximum absolute atomic E-state index is 13.0. The van der Waals surface area contributed by atoms with Crippen LogP contribution in [0.25, 0.3) is 0 Å². The zero-order valence-electron chi connectivity index (χ0n) is 19.7. The first-order valence-electron chi connectivity index (χ1n) is 10.8. The van der Waals surface area contributed by atoms with Crippen molar-refractivity contribution < 1.29 is 43.2 Å². The molecule has 6 atom stereocenters. The highest BCUT2D eigenvalue weighted by atomic mass is 16.6. The second-order valence-electron chi connectivity index (χ2n) is 8.78. The Morgan fingerprint density at radius 2 is 1.85 bits per heavy atom. The minimum absolute atomic E-state index is 0.0332. The van der Waals surface area contributed by atoms with Gasteiger partial charge in [0.05, 0.1) is 5.92 Å². The van der Waals surface area contributed by atoms with Crippen molar-refractivity contribution >= 4 is 23.9 Å². The third kappa shape index (κ3) is 6.31. The van der Waals surface area contributed by atoms with Gasteiger partial charge in [0, 0.05) is 25.8 Å². The fourth-order valence-corrected chi connectivity index (χ4v) is 3.87. The molecule has 1 N–H and O–H groups in total. The highest BCUT2D eigenvalue weighted by molar-refractivity contribution is 5.91. The Balaban J connectivity index is 2.42. The van der Waals surface area contributed by atoms with Crippen molar-refractivity contribution in [3.63, 3.8) is 0 Å². The summed E-state index contributed by atoms with van der Waals surface area (Å²) in [5.74, 6) is -3.56. The molecular weight excluding hydrogens is 432 g/mol. The smallest absolute Gasteiger partial charge is 0.342 e. The van der Waals surface area contributed by atoms with Crippen LogP contribution in [0, 0.1) is 5.92 Å². The van der Waals surface area contributed by atoms with Crippen LogP contribution < -0.4 is 0 Å². The number of rotatable bonds is 5. The van der Waals surface area contributed by atoms with Gasteiger partial charge in [0.15, 0.2) is 5.60 Å². The molecule has 0 amide bonds. The molecule has 0 aromatic rings. The number of esters is 4. The highest BCUT2D eigenvalue weighted by Crippen LogP contribution is 2.38. The maximum atomic E-state index is 13.0. The van der Waals surface area contributed by atoms with Crippen molar-refractivity contribution in [1.82, 2.24) is 0 Å². The van der Waals surface area contributed by atoms with Crippen LogP contribution in [0.1, 0.15) is 53.9 Å². The number of ether oxygens (including phenoxy) is 4. The molecule has 9 heteroatoms.